The molecule has 0 atom stereocenters. The van der Waals surface area contributed by atoms with Crippen molar-refractivity contribution >= 4 is 11.9 Å². The molecule has 0 aliphatic rings. The lowest BCUT2D eigenvalue weighted by molar-refractivity contribution is 0.0686. The first kappa shape index (κ1) is 24.2. The summed E-state index contributed by atoms with van der Waals surface area (Å²) in [6.07, 6.45) is 5.45. The van der Waals surface area contributed by atoms with Gasteiger partial charge in [-0.1, -0.05) is 76.1 Å². The fourth-order valence-corrected chi connectivity index (χ4v) is 4.68. The molecule has 4 nitrogen and oxygen atoms in total. The van der Waals surface area contributed by atoms with Crippen molar-refractivity contribution in [2.45, 2.75) is 59.3 Å². The molecule has 0 bridgehead atoms. The van der Waals surface area contributed by atoms with Crippen LogP contribution in [0.3, 0.4) is 0 Å². The Balaban J connectivity index is 2.53. The molecule has 2 N–H and O–H groups in total. The van der Waals surface area contributed by atoms with Crippen molar-refractivity contribution in [2.75, 3.05) is 0 Å². The number of aryl methyl sites for hydroxylation is 2. The minimum atomic E-state index is -0.987. The van der Waals surface area contributed by atoms with Gasteiger partial charge in [-0.05, 0) is 76.8 Å². The van der Waals surface area contributed by atoms with E-state index in [4.69, 9.17) is 0 Å². The Morgan fingerprint density at radius 2 is 1.24 bits per heavy atom. The summed E-state index contributed by atoms with van der Waals surface area (Å²) in [6, 6.07) is 16.3. The first-order chi connectivity index (χ1) is 15.9. The number of carbonyl (C=O) groups is 2. The van der Waals surface area contributed by atoms with Gasteiger partial charge in [0.1, 0.15) is 0 Å². The van der Waals surface area contributed by atoms with Crippen molar-refractivity contribution in [2.24, 2.45) is 0 Å². The van der Waals surface area contributed by atoms with Crippen LogP contribution in [-0.2, 0) is 19.3 Å². The van der Waals surface area contributed by atoms with Gasteiger partial charge >= 0.3 is 11.9 Å². The van der Waals surface area contributed by atoms with Crippen LogP contribution in [0.1, 0.15) is 77.4 Å². The van der Waals surface area contributed by atoms with E-state index < -0.39 is 11.9 Å². The number of hydrogen-bond acceptors (Lipinski definition) is 2. The van der Waals surface area contributed by atoms with Gasteiger partial charge in [0.15, 0.2) is 0 Å². The van der Waals surface area contributed by atoms with Gasteiger partial charge in [-0.3, -0.25) is 0 Å². The third-order valence-corrected chi connectivity index (χ3v) is 6.14. The van der Waals surface area contributed by atoms with Crippen LogP contribution in [0.15, 0.2) is 54.6 Å². The summed E-state index contributed by atoms with van der Waals surface area (Å²) < 4.78 is 0. The highest BCUT2D eigenvalue weighted by Crippen LogP contribution is 2.43. The van der Waals surface area contributed by atoms with Crippen LogP contribution >= 0.6 is 0 Å². The van der Waals surface area contributed by atoms with Gasteiger partial charge in [0.2, 0.25) is 0 Å². The van der Waals surface area contributed by atoms with Crippen LogP contribution in [-0.4, -0.2) is 22.2 Å². The largest absolute Gasteiger partial charge is 0.478 e. The van der Waals surface area contributed by atoms with E-state index in [9.17, 15) is 19.8 Å². The smallest absolute Gasteiger partial charge is 0.336 e. The Labute approximate surface area is 195 Å². The van der Waals surface area contributed by atoms with E-state index in [2.05, 4.69) is 26.8 Å². The van der Waals surface area contributed by atoms with E-state index in [1.54, 1.807) is 24.3 Å². The molecule has 0 aliphatic carbocycles. The van der Waals surface area contributed by atoms with Crippen molar-refractivity contribution in [3.63, 3.8) is 0 Å². The van der Waals surface area contributed by atoms with Crippen LogP contribution in [0.5, 0.6) is 0 Å². The van der Waals surface area contributed by atoms with E-state index in [-0.39, 0.29) is 11.1 Å². The highest BCUT2D eigenvalue weighted by molar-refractivity contribution is 6.04. The van der Waals surface area contributed by atoms with Crippen LogP contribution < -0.4 is 0 Å². The molecule has 0 aromatic heterocycles. The maximum Gasteiger partial charge on any atom is 0.336 e. The SMILES string of the molecule is CCCCc1cc(CCC)c(-c2ccccc2C(=O)O)c(-c2ccccc2C(=O)O)c1CC. The van der Waals surface area contributed by atoms with Gasteiger partial charge < -0.3 is 10.2 Å². The molecule has 0 aliphatic heterocycles. The molecule has 3 aromatic rings. The molecule has 0 spiro atoms. The summed E-state index contributed by atoms with van der Waals surface area (Å²) in [5.74, 6) is -1.97. The van der Waals surface area contributed by atoms with Crippen LogP contribution in [0.25, 0.3) is 22.3 Å². The Kier molecular flexibility index (Phi) is 8.05. The second-order valence-corrected chi connectivity index (χ2v) is 8.33. The summed E-state index contributed by atoms with van der Waals surface area (Å²) in [6.45, 7) is 6.36. The second kappa shape index (κ2) is 11.0. The number of carboxylic acid groups (broad SMARTS) is 2. The number of aromatic carboxylic acids is 2. The number of hydrogen-bond donors (Lipinski definition) is 2. The van der Waals surface area contributed by atoms with E-state index in [1.807, 2.05) is 24.3 Å². The van der Waals surface area contributed by atoms with Crippen molar-refractivity contribution < 1.29 is 19.8 Å². The Hall–Kier alpha value is -3.40. The van der Waals surface area contributed by atoms with Crippen molar-refractivity contribution in [1.82, 2.24) is 0 Å². The topological polar surface area (TPSA) is 74.6 Å². The molecule has 3 rings (SSSR count). The Morgan fingerprint density at radius 3 is 1.73 bits per heavy atom. The molecule has 4 heteroatoms. The zero-order valence-electron chi connectivity index (χ0n) is 19.6. The van der Waals surface area contributed by atoms with Crippen molar-refractivity contribution in [1.29, 1.82) is 0 Å². The number of carboxylic acids is 2. The molecule has 0 heterocycles. The van der Waals surface area contributed by atoms with Gasteiger partial charge in [0.05, 0.1) is 11.1 Å². The quantitative estimate of drug-likeness (QED) is 0.345. The van der Waals surface area contributed by atoms with Crippen LogP contribution in [0.2, 0.25) is 0 Å². The molecule has 172 valence electrons. The monoisotopic (exact) mass is 444 g/mol. The first-order valence-electron chi connectivity index (χ1n) is 11.8. The summed E-state index contributed by atoms with van der Waals surface area (Å²) in [5, 5.41) is 19.9. The third-order valence-electron chi connectivity index (χ3n) is 6.14. The van der Waals surface area contributed by atoms with Crippen LogP contribution in [0, 0.1) is 0 Å². The molecule has 0 fully saturated rings. The predicted octanol–water partition coefficient (Wildman–Crippen LogP) is 7.27. The summed E-state index contributed by atoms with van der Waals surface area (Å²) in [7, 11) is 0. The zero-order chi connectivity index (χ0) is 24.0. The molecular formula is C29H32O4. The van der Waals surface area contributed by atoms with E-state index in [0.717, 1.165) is 60.8 Å². The van der Waals surface area contributed by atoms with Crippen LogP contribution in [0.4, 0.5) is 0 Å². The third kappa shape index (κ3) is 5.00. The summed E-state index contributed by atoms with van der Waals surface area (Å²) >= 11 is 0. The molecule has 33 heavy (non-hydrogen) atoms. The zero-order valence-corrected chi connectivity index (χ0v) is 19.6. The number of unbranched alkanes of at least 4 members (excludes halogenated alkanes) is 1. The van der Waals surface area contributed by atoms with Gasteiger partial charge in [0.25, 0.3) is 0 Å². The van der Waals surface area contributed by atoms with E-state index in [1.165, 1.54) is 5.56 Å². The highest BCUT2D eigenvalue weighted by atomic mass is 16.4. The van der Waals surface area contributed by atoms with Crippen molar-refractivity contribution in [3.05, 3.63) is 82.4 Å². The first-order valence-corrected chi connectivity index (χ1v) is 11.8. The van der Waals surface area contributed by atoms with Gasteiger partial charge in [-0.15, -0.1) is 0 Å². The van der Waals surface area contributed by atoms with E-state index in [0.29, 0.717) is 11.1 Å². The lowest BCUT2D eigenvalue weighted by Crippen LogP contribution is -2.09. The van der Waals surface area contributed by atoms with E-state index >= 15 is 0 Å². The maximum absolute atomic E-state index is 12.2. The number of rotatable bonds is 10. The Bertz CT molecular complexity index is 1160. The minimum Gasteiger partial charge on any atom is -0.478 e. The maximum atomic E-state index is 12.2. The molecule has 0 unspecified atom stereocenters. The average Bonchev–Trinajstić information content (AvgIpc) is 2.82. The normalized spacial score (nSPS) is 10.9. The molecule has 0 amide bonds. The van der Waals surface area contributed by atoms with Gasteiger partial charge in [-0.25, -0.2) is 9.59 Å². The molecule has 0 radical (unpaired) electrons. The van der Waals surface area contributed by atoms with Gasteiger partial charge in [0, 0.05) is 0 Å². The van der Waals surface area contributed by atoms with Gasteiger partial charge in [-0.2, -0.15) is 0 Å². The second-order valence-electron chi connectivity index (χ2n) is 8.33. The Morgan fingerprint density at radius 1 is 0.697 bits per heavy atom. The summed E-state index contributed by atoms with van der Waals surface area (Å²) in [4.78, 5) is 24.3. The highest BCUT2D eigenvalue weighted by Gasteiger charge is 2.25. The molecular weight excluding hydrogens is 412 g/mol. The standard InChI is InChI=1S/C29H32O4/c1-4-7-13-19-18-20(12-5-2)26(22-14-8-10-16-24(22)28(30)31)27(21(19)6-3)23-15-9-11-17-25(23)29(32)33/h8-11,14-18H,4-7,12-13H2,1-3H3,(H,30,31)(H,32,33). The average molecular weight is 445 g/mol. The molecule has 0 saturated carbocycles. The van der Waals surface area contributed by atoms with Crippen molar-refractivity contribution in [3.8, 4) is 22.3 Å². The minimum absolute atomic E-state index is 0.229. The summed E-state index contributed by atoms with van der Waals surface area (Å²) in [5.41, 5.74) is 6.87. The number of benzene rings is 3. The fraction of sp³-hybridized carbons (Fsp3) is 0.310. The lowest BCUT2D eigenvalue weighted by atomic mass is 9.79. The molecule has 3 aromatic carbocycles. The molecule has 0 saturated heterocycles. The fourth-order valence-electron chi connectivity index (χ4n) is 4.68. The predicted molar refractivity (Wildman–Crippen MR) is 133 cm³/mol. The lowest BCUT2D eigenvalue weighted by Gasteiger charge is -2.24.